The number of nitrogen functional groups attached to an aromatic ring is 1. The highest BCUT2D eigenvalue weighted by Crippen LogP contribution is 2.21. The van der Waals surface area contributed by atoms with Crippen molar-refractivity contribution in [3.63, 3.8) is 0 Å². The largest absolute Gasteiger partial charge is 0.378 e. The molecule has 0 bridgehead atoms. The second-order valence-electron chi connectivity index (χ2n) is 4.98. The highest BCUT2D eigenvalue weighted by Gasteiger charge is 2.15. The van der Waals surface area contributed by atoms with Crippen molar-refractivity contribution < 1.29 is 4.92 Å². The Hall–Kier alpha value is -3.01. The molecule has 0 radical (unpaired) electrons. The summed E-state index contributed by atoms with van der Waals surface area (Å²) in [6.07, 6.45) is 2.84. The summed E-state index contributed by atoms with van der Waals surface area (Å²) in [6.45, 7) is 3.79. The van der Waals surface area contributed by atoms with Crippen LogP contribution in [0.25, 0.3) is 0 Å². The summed E-state index contributed by atoms with van der Waals surface area (Å²) in [7, 11) is 0. The molecule has 0 saturated carbocycles. The van der Waals surface area contributed by atoms with Crippen molar-refractivity contribution in [1.82, 2.24) is 20.3 Å². The minimum absolute atomic E-state index is 0.163. The van der Waals surface area contributed by atoms with Gasteiger partial charge in [0.2, 0.25) is 11.8 Å². The number of nitro groups is 1. The molecule has 120 valence electrons. The first-order valence-corrected chi connectivity index (χ1v) is 7.09. The molecule has 1 saturated heterocycles. The van der Waals surface area contributed by atoms with E-state index in [4.69, 9.17) is 5.73 Å². The van der Waals surface area contributed by atoms with Crippen LogP contribution in [-0.4, -0.2) is 46.1 Å². The number of aromatic nitrogens is 3. The van der Waals surface area contributed by atoms with E-state index in [1.54, 1.807) is 12.3 Å². The molecule has 0 aromatic carbocycles. The average molecular weight is 316 g/mol. The van der Waals surface area contributed by atoms with Crippen molar-refractivity contribution in [3.05, 3.63) is 34.6 Å². The molecule has 3 heterocycles. The van der Waals surface area contributed by atoms with Crippen LogP contribution in [0.4, 0.5) is 29.0 Å². The summed E-state index contributed by atoms with van der Waals surface area (Å²) in [4.78, 5) is 24.3. The van der Waals surface area contributed by atoms with Crippen LogP contribution >= 0.6 is 0 Å². The summed E-state index contributed by atoms with van der Waals surface area (Å²) < 4.78 is 0. The topological polar surface area (TPSA) is 135 Å². The van der Waals surface area contributed by atoms with Gasteiger partial charge in [0, 0.05) is 26.2 Å². The maximum absolute atomic E-state index is 10.7. The Morgan fingerprint density at radius 1 is 1.26 bits per heavy atom. The lowest BCUT2D eigenvalue weighted by Crippen LogP contribution is -2.43. The van der Waals surface area contributed by atoms with Crippen LogP contribution in [0, 0.1) is 10.1 Å². The minimum atomic E-state index is -0.625. The zero-order valence-corrected chi connectivity index (χ0v) is 12.3. The first kappa shape index (κ1) is 14.9. The molecule has 2 aromatic heterocycles. The molecule has 0 aliphatic carbocycles. The predicted octanol–water partition coefficient (Wildman–Crippen LogP) is 0.515. The molecule has 10 nitrogen and oxygen atoms in total. The van der Waals surface area contributed by atoms with Crippen molar-refractivity contribution >= 4 is 29.0 Å². The molecular weight excluding hydrogens is 300 g/mol. The first-order valence-electron chi connectivity index (χ1n) is 7.09. The Labute approximate surface area is 131 Å². The number of rotatable bonds is 4. The van der Waals surface area contributed by atoms with Gasteiger partial charge in [0.1, 0.15) is 12.0 Å². The fourth-order valence-electron chi connectivity index (χ4n) is 2.27. The SMILES string of the molecule is Nc1nc(Nc2ccc(N3CCNCC3)cn2)ncc1[N+](=O)[O-]. The number of hydrogen-bond acceptors (Lipinski definition) is 9. The van der Waals surface area contributed by atoms with E-state index in [2.05, 4.69) is 30.5 Å². The quantitative estimate of drug-likeness (QED) is 0.544. The van der Waals surface area contributed by atoms with Gasteiger partial charge in [-0.3, -0.25) is 10.1 Å². The second-order valence-corrected chi connectivity index (χ2v) is 4.98. The highest BCUT2D eigenvalue weighted by molar-refractivity contribution is 5.58. The third kappa shape index (κ3) is 3.43. The monoisotopic (exact) mass is 316 g/mol. The van der Waals surface area contributed by atoms with Crippen molar-refractivity contribution in [2.45, 2.75) is 0 Å². The molecule has 1 fully saturated rings. The van der Waals surface area contributed by atoms with Crippen LogP contribution in [0.15, 0.2) is 24.5 Å². The summed E-state index contributed by atoms with van der Waals surface area (Å²) >= 11 is 0. The van der Waals surface area contributed by atoms with Crippen molar-refractivity contribution in [3.8, 4) is 0 Å². The van der Waals surface area contributed by atoms with Crippen LogP contribution in [0.5, 0.6) is 0 Å². The molecule has 23 heavy (non-hydrogen) atoms. The van der Waals surface area contributed by atoms with Crippen molar-refractivity contribution in [2.75, 3.05) is 42.1 Å². The van der Waals surface area contributed by atoms with Gasteiger partial charge < -0.3 is 21.3 Å². The zero-order chi connectivity index (χ0) is 16.2. The van der Waals surface area contributed by atoms with E-state index in [1.165, 1.54) is 0 Å². The number of hydrogen-bond donors (Lipinski definition) is 3. The van der Waals surface area contributed by atoms with E-state index in [9.17, 15) is 10.1 Å². The van der Waals surface area contributed by atoms with Gasteiger partial charge in [0.25, 0.3) is 0 Å². The third-order valence-electron chi connectivity index (χ3n) is 3.46. The van der Waals surface area contributed by atoms with Crippen LogP contribution < -0.4 is 21.3 Å². The number of anilines is 4. The van der Waals surface area contributed by atoms with E-state index in [0.29, 0.717) is 5.82 Å². The fourth-order valence-corrected chi connectivity index (χ4v) is 2.27. The van der Waals surface area contributed by atoms with E-state index in [-0.39, 0.29) is 17.5 Å². The van der Waals surface area contributed by atoms with Gasteiger partial charge in [-0.25, -0.2) is 9.97 Å². The Kier molecular flexibility index (Phi) is 4.15. The summed E-state index contributed by atoms with van der Waals surface area (Å²) in [5.41, 5.74) is 6.25. The number of piperazine rings is 1. The van der Waals surface area contributed by atoms with Gasteiger partial charge in [0.05, 0.1) is 16.8 Å². The van der Waals surface area contributed by atoms with Crippen molar-refractivity contribution in [1.29, 1.82) is 0 Å². The predicted molar refractivity (Wildman–Crippen MR) is 85.7 cm³/mol. The Bertz CT molecular complexity index is 700. The second kappa shape index (κ2) is 6.40. The van der Waals surface area contributed by atoms with Crippen LogP contribution in [0.1, 0.15) is 0 Å². The fraction of sp³-hybridized carbons (Fsp3) is 0.308. The average Bonchev–Trinajstić information content (AvgIpc) is 2.56. The molecule has 10 heteroatoms. The maximum atomic E-state index is 10.7. The van der Waals surface area contributed by atoms with Crippen LogP contribution in [0.2, 0.25) is 0 Å². The van der Waals surface area contributed by atoms with Gasteiger partial charge >= 0.3 is 5.69 Å². The van der Waals surface area contributed by atoms with Gasteiger partial charge in [-0.05, 0) is 12.1 Å². The molecule has 0 atom stereocenters. The summed E-state index contributed by atoms with van der Waals surface area (Å²) in [5, 5.41) is 16.9. The standard InChI is InChI=1S/C13H16N8O2/c14-12-10(21(22)23)8-17-13(19-12)18-11-2-1-9(7-16-11)20-5-3-15-4-6-20/h1-2,7-8,15H,3-6H2,(H3,14,16,17,18,19). The normalized spacial score (nSPS) is 14.5. The molecule has 1 aliphatic heterocycles. The third-order valence-corrected chi connectivity index (χ3v) is 3.46. The molecule has 0 spiro atoms. The number of nitrogens with one attached hydrogen (secondary N) is 2. The highest BCUT2D eigenvalue weighted by atomic mass is 16.6. The molecule has 1 aliphatic rings. The summed E-state index contributed by atoms with van der Waals surface area (Å²) in [5.74, 6) is 0.512. The van der Waals surface area contributed by atoms with E-state index in [0.717, 1.165) is 38.1 Å². The smallest absolute Gasteiger partial charge is 0.329 e. The Morgan fingerprint density at radius 3 is 2.65 bits per heavy atom. The minimum Gasteiger partial charge on any atom is -0.378 e. The van der Waals surface area contributed by atoms with E-state index in [1.807, 2.05) is 6.07 Å². The Morgan fingerprint density at radius 2 is 2.04 bits per heavy atom. The summed E-state index contributed by atoms with van der Waals surface area (Å²) in [6, 6.07) is 3.76. The zero-order valence-electron chi connectivity index (χ0n) is 12.3. The molecular formula is C13H16N8O2. The molecule has 4 N–H and O–H groups in total. The first-order chi connectivity index (χ1) is 11.1. The van der Waals surface area contributed by atoms with Gasteiger partial charge in [-0.2, -0.15) is 4.98 Å². The number of nitrogens with two attached hydrogens (primary N) is 1. The molecule has 2 aromatic rings. The molecule has 3 rings (SSSR count). The lowest BCUT2D eigenvalue weighted by molar-refractivity contribution is -0.384. The van der Waals surface area contributed by atoms with Gasteiger partial charge in [-0.15, -0.1) is 0 Å². The van der Waals surface area contributed by atoms with Crippen molar-refractivity contribution in [2.24, 2.45) is 0 Å². The Balaban J connectivity index is 1.70. The lowest BCUT2D eigenvalue weighted by atomic mass is 10.3. The molecule has 0 amide bonds. The maximum Gasteiger partial charge on any atom is 0.329 e. The molecule has 0 unspecified atom stereocenters. The number of pyridine rings is 1. The van der Waals surface area contributed by atoms with Gasteiger partial charge in [-0.1, -0.05) is 0 Å². The van der Waals surface area contributed by atoms with E-state index < -0.39 is 4.92 Å². The van der Waals surface area contributed by atoms with Gasteiger partial charge in [0.15, 0.2) is 0 Å². The van der Waals surface area contributed by atoms with E-state index >= 15 is 0 Å². The lowest BCUT2D eigenvalue weighted by Gasteiger charge is -2.29. The van der Waals surface area contributed by atoms with Crippen LogP contribution in [0.3, 0.4) is 0 Å². The number of nitrogens with zero attached hydrogens (tertiary/aromatic N) is 5. The van der Waals surface area contributed by atoms with Crippen LogP contribution in [-0.2, 0) is 0 Å².